The van der Waals surface area contributed by atoms with Gasteiger partial charge in [0.1, 0.15) is 5.00 Å². The zero-order chi connectivity index (χ0) is 26.0. The summed E-state index contributed by atoms with van der Waals surface area (Å²) in [6.07, 6.45) is 2.34. The first kappa shape index (κ1) is 26.3. The molecule has 1 aromatic heterocycles. The van der Waals surface area contributed by atoms with E-state index in [2.05, 4.69) is 5.32 Å². The molecule has 1 unspecified atom stereocenters. The molecule has 1 N–H and O–H groups in total. The van der Waals surface area contributed by atoms with Crippen molar-refractivity contribution in [3.05, 3.63) is 45.8 Å². The molecular weight excluding hydrogens is 502 g/mol. The Morgan fingerprint density at radius 2 is 1.89 bits per heavy atom. The third-order valence-electron chi connectivity index (χ3n) is 6.58. The number of piperidine rings is 1. The number of carbonyl (C=O) groups excluding carboxylic acids is 3. The molecule has 0 aliphatic carbocycles. The molecule has 2 aliphatic rings. The number of sulfonamides is 1. The van der Waals surface area contributed by atoms with Gasteiger partial charge in [0, 0.05) is 37.0 Å². The molecule has 0 radical (unpaired) electrons. The third kappa shape index (κ3) is 5.33. The number of hydrogen-bond donors (Lipinski definition) is 1. The Balaban J connectivity index is 1.56. The molecular formula is C25H31N3O6S2. The highest BCUT2D eigenvalue weighted by atomic mass is 32.2. The average molecular weight is 534 g/mol. The second-order valence-electron chi connectivity index (χ2n) is 9.21. The molecule has 0 spiro atoms. The van der Waals surface area contributed by atoms with Crippen LogP contribution in [0.15, 0.2) is 29.2 Å². The monoisotopic (exact) mass is 533 g/mol. The van der Waals surface area contributed by atoms with Gasteiger partial charge in [-0.25, -0.2) is 13.2 Å². The fourth-order valence-corrected chi connectivity index (χ4v) is 7.49. The highest BCUT2D eigenvalue weighted by Gasteiger charge is 2.31. The number of esters is 1. The van der Waals surface area contributed by atoms with Crippen molar-refractivity contribution in [1.29, 1.82) is 0 Å². The van der Waals surface area contributed by atoms with Crippen LogP contribution in [0.1, 0.15) is 64.8 Å². The van der Waals surface area contributed by atoms with Crippen molar-refractivity contribution in [2.24, 2.45) is 5.92 Å². The molecule has 9 nitrogen and oxygen atoms in total. The predicted molar refractivity (Wildman–Crippen MR) is 137 cm³/mol. The van der Waals surface area contributed by atoms with E-state index in [1.54, 1.807) is 11.8 Å². The molecule has 4 rings (SSSR count). The highest BCUT2D eigenvalue weighted by molar-refractivity contribution is 7.89. The van der Waals surface area contributed by atoms with Gasteiger partial charge >= 0.3 is 5.97 Å². The number of thiophene rings is 1. The first-order valence-electron chi connectivity index (χ1n) is 12.1. The summed E-state index contributed by atoms with van der Waals surface area (Å²) in [6, 6.07) is 5.84. The van der Waals surface area contributed by atoms with Crippen LogP contribution in [0.4, 0.5) is 5.00 Å². The smallest absolute Gasteiger partial charge is 0.341 e. The molecule has 36 heavy (non-hydrogen) atoms. The summed E-state index contributed by atoms with van der Waals surface area (Å²) in [7, 11) is -3.62. The largest absolute Gasteiger partial charge is 0.462 e. The van der Waals surface area contributed by atoms with Crippen molar-refractivity contribution in [3.63, 3.8) is 0 Å². The third-order valence-corrected chi connectivity index (χ3v) is 9.59. The summed E-state index contributed by atoms with van der Waals surface area (Å²) < 4.78 is 32.8. The maximum Gasteiger partial charge on any atom is 0.341 e. The Kier molecular flexibility index (Phi) is 7.82. The van der Waals surface area contributed by atoms with Crippen LogP contribution >= 0.6 is 11.3 Å². The number of amides is 2. The molecule has 0 bridgehead atoms. The van der Waals surface area contributed by atoms with Crippen LogP contribution in [0.5, 0.6) is 0 Å². The Morgan fingerprint density at radius 1 is 1.17 bits per heavy atom. The van der Waals surface area contributed by atoms with Gasteiger partial charge in [-0.05, 0) is 61.9 Å². The number of anilines is 1. The van der Waals surface area contributed by atoms with E-state index in [1.807, 2.05) is 6.92 Å². The van der Waals surface area contributed by atoms with Crippen molar-refractivity contribution < 1.29 is 27.5 Å². The summed E-state index contributed by atoms with van der Waals surface area (Å²) in [5.41, 5.74) is 1.39. The van der Waals surface area contributed by atoms with E-state index >= 15 is 0 Å². The average Bonchev–Trinajstić information content (AvgIpc) is 3.21. The van der Waals surface area contributed by atoms with Crippen LogP contribution in [0.25, 0.3) is 0 Å². The predicted octanol–water partition coefficient (Wildman–Crippen LogP) is 3.50. The van der Waals surface area contributed by atoms with E-state index in [0.717, 1.165) is 23.3 Å². The molecule has 2 aliphatic heterocycles. The molecule has 2 amide bonds. The van der Waals surface area contributed by atoms with Gasteiger partial charge in [0.15, 0.2) is 0 Å². The second-order valence-corrected chi connectivity index (χ2v) is 12.3. The number of carbonyl (C=O) groups is 3. The van der Waals surface area contributed by atoms with Gasteiger partial charge in [-0.2, -0.15) is 4.31 Å². The molecule has 3 heterocycles. The Morgan fingerprint density at radius 3 is 2.53 bits per heavy atom. The van der Waals surface area contributed by atoms with Crippen molar-refractivity contribution in [1.82, 2.24) is 9.21 Å². The van der Waals surface area contributed by atoms with Crippen LogP contribution in [-0.2, 0) is 32.5 Å². The lowest BCUT2D eigenvalue weighted by molar-refractivity contribution is -0.129. The van der Waals surface area contributed by atoms with E-state index in [9.17, 15) is 22.8 Å². The number of rotatable bonds is 6. The summed E-state index contributed by atoms with van der Waals surface area (Å²) in [4.78, 5) is 40.3. The summed E-state index contributed by atoms with van der Waals surface area (Å²) in [6.45, 7) is 7.31. The van der Waals surface area contributed by atoms with Crippen LogP contribution in [0, 0.1) is 5.92 Å². The second kappa shape index (κ2) is 10.7. The van der Waals surface area contributed by atoms with Crippen molar-refractivity contribution in [3.8, 4) is 0 Å². The Labute approximate surface area is 215 Å². The Bertz CT molecular complexity index is 1270. The Hall–Kier alpha value is -2.76. The molecule has 1 aromatic carbocycles. The lowest BCUT2D eigenvalue weighted by Gasteiger charge is -2.30. The molecule has 11 heteroatoms. The van der Waals surface area contributed by atoms with Crippen molar-refractivity contribution in [2.45, 2.75) is 51.5 Å². The lowest BCUT2D eigenvalue weighted by atomic mass is 10.0. The number of nitrogens with zero attached hydrogens (tertiary/aromatic N) is 2. The zero-order valence-electron chi connectivity index (χ0n) is 20.7. The van der Waals surface area contributed by atoms with E-state index in [4.69, 9.17) is 4.74 Å². The van der Waals surface area contributed by atoms with Gasteiger partial charge in [-0.3, -0.25) is 9.59 Å². The highest BCUT2D eigenvalue weighted by Crippen LogP contribution is 2.38. The van der Waals surface area contributed by atoms with Gasteiger partial charge in [0.25, 0.3) is 5.91 Å². The van der Waals surface area contributed by atoms with E-state index in [0.29, 0.717) is 49.1 Å². The van der Waals surface area contributed by atoms with Crippen LogP contribution in [0.2, 0.25) is 0 Å². The molecule has 1 atom stereocenters. The molecule has 194 valence electrons. The van der Waals surface area contributed by atoms with E-state index in [-0.39, 0.29) is 23.0 Å². The van der Waals surface area contributed by atoms with Gasteiger partial charge in [-0.15, -0.1) is 11.3 Å². The van der Waals surface area contributed by atoms with Crippen LogP contribution < -0.4 is 5.32 Å². The van der Waals surface area contributed by atoms with E-state index < -0.39 is 21.9 Å². The quantitative estimate of drug-likeness (QED) is 0.569. The number of hydrogen-bond acceptors (Lipinski definition) is 7. The number of benzene rings is 1. The summed E-state index contributed by atoms with van der Waals surface area (Å²) in [5, 5.41) is 3.18. The number of ether oxygens (including phenoxy) is 1. The fraction of sp³-hybridized carbons (Fsp3) is 0.480. The van der Waals surface area contributed by atoms with Gasteiger partial charge in [-0.1, -0.05) is 6.92 Å². The van der Waals surface area contributed by atoms with Gasteiger partial charge in [0.2, 0.25) is 15.9 Å². The fourth-order valence-electron chi connectivity index (χ4n) is 4.65. The van der Waals surface area contributed by atoms with Crippen molar-refractivity contribution >= 4 is 44.1 Å². The minimum absolute atomic E-state index is 0.0497. The maximum atomic E-state index is 13.1. The first-order valence-corrected chi connectivity index (χ1v) is 14.4. The standard InChI is InChI=1S/C25H31N3O6S2/c1-4-34-25(31)22-20-11-13-27(17(3)29)15-21(20)35-24(22)26-23(30)18-7-9-19(10-8-18)36(32,33)28-12-5-6-16(2)14-28/h7-10,16H,4-6,11-15H2,1-3H3,(H,26,30). The molecule has 2 aromatic rings. The number of nitrogens with one attached hydrogen (secondary N) is 1. The van der Waals surface area contributed by atoms with Crippen molar-refractivity contribution in [2.75, 3.05) is 31.6 Å². The topological polar surface area (TPSA) is 113 Å². The minimum Gasteiger partial charge on any atom is -0.462 e. The zero-order valence-corrected chi connectivity index (χ0v) is 22.3. The lowest BCUT2D eigenvalue weighted by Crippen LogP contribution is -2.39. The first-order chi connectivity index (χ1) is 17.1. The summed E-state index contributed by atoms with van der Waals surface area (Å²) >= 11 is 1.26. The van der Waals surface area contributed by atoms with Crippen LogP contribution in [-0.4, -0.2) is 61.6 Å². The minimum atomic E-state index is -3.62. The molecule has 0 saturated carbocycles. The number of fused-ring (bicyclic) bond motifs is 1. The maximum absolute atomic E-state index is 13.1. The van der Waals surface area contributed by atoms with Crippen LogP contribution in [0.3, 0.4) is 0 Å². The normalized spacial score (nSPS) is 18.4. The van der Waals surface area contributed by atoms with Gasteiger partial charge in [0.05, 0.1) is 23.6 Å². The molecule has 1 fully saturated rings. The molecule has 1 saturated heterocycles. The SMILES string of the molecule is CCOC(=O)c1c(NC(=O)c2ccc(S(=O)(=O)N3CCCC(C)C3)cc2)sc2c1CCN(C(C)=O)C2. The summed E-state index contributed by atoms with van der Waals surface area (Å²) in [5.74, 6) is -0.713. The van der Waals surface area contributed by atoms with E-state index in [1.165, 1.54) is 46.8 Å². The van der Waals surface area contributed by atoms with Gasteiger partial charge < -0.3 is 15.0 Å².